The maximum atomic E-state index is 15.0. The monoisotopic (exact) mass is 461 g/mol. The van der Waals surface area contributed by atoms with E-state index in [0.717, 1.165) is 28.5 Å². The Labute approximate surface area is 185 Å². The van der Waals surface area contributed by atoms with E-state index in [0.29, 0.717) is 33.4 Å². The van der Waals surface area contributed by atoms with Crippen molar-refractivity contribution in [3.8, 4) is 0 Å². The van der Waals surface area contributed by atoms with Gasteiger partial charge in [-0.3, -0.25) is 14.6 Å². The van der Waals surface area contributed by atoms with Gasteiger partial charge >= 0.3 is 5.92 Å². The van der Waals surface area contributed by atoms with E-state index in [2.05, 4.69) is 15.3 Å². The fraction of sp³-hybridized carbons (Fsp3) is 0.238. The number of hydrogen-bond donors (Lipinski definition) is 2. The van der Waals surface area contributed by atoms with Gasteiger partial charge in [-0.25, -0.2) is 9.37 Å². The van der Waals surface area contributed by atoms with Gasteiger partial charge in [0.1, 0.15) is 11.5 Å². The summed E-state index contributed by atoms with van der Waals surface area (Å²) in [6.07, 6.45) is 1.37. The van der Waals surface area contributed by atoms with Crippen molar-refractivity contribution in [3.05, 3.63) is 69.7 Å². The number of nitrogen functional groups attached to an aromatic ring is 1. The van der Waals surface area contributed by atoms with Gasteiger partial charge < -0.3 is 16.0 Å². The van der Waals surface area contributed by atoms with E-state index < -0.39 is 29.2 Å². The summed E-state index contributed by atoms with van der Waals surface area (Å²) in [7, 11) is 0. The lowest BCUT2D eigenvalue weighted by atomic mass is 10.1. The molecule has 0 unspecified atom stereocenters. The topological polar surface area (TPSA) is 101 Å². The molecule has 0 saturated carbocycles. The van der Waals surface area contributed by atoms with Gasteiger partial charge in [0.25, 0.3) is 11.8 Å². The molecule has 0 aliphatic carbocycles. The van der Waals surface area contributed by atoms with Gasteiger partial charge in [-0.2, -0.15) is 8.78 Å². The molecule has 0 radical (unpaired) electrons. The van der Waals surface area contributed by atoms with Crippen LogP contribution in [0.3, 0.4) is 0 Å². The van der Waals surface area contributed by atoms with E-state index >= 15 is 8.78 Å². The summed E-state index contributed by atoms with van der Waals surface area (Å²) in [6, 6.07) is 6.10. The summed E-state index contributed by atoms with van der Waals surface area (Å²) >= 11 is 1.16. The highest BCUT2D eigenvalue weighted by atomic mass is 32.1. The average molecular weight is 461 g/mol. The largest absolute Gasteiger partial charge is 0.375 e. The number of carbonyl (C=O) groups excluding carboxylic acids is 2. The molecule has 0 bridgehead atoms. The second-order valence-electron chi connectivity index (χ2n) is 7.32. The summed E-state index contributed by atoms with van der Waals surface area (Å²) in [5.74, 6) is -6.46. The number of benzene rings is 1. The predicted molar refractivity (Wildman–Crippen MR) is 113 cm³/mol. The zero-order valence-corrected chi connectivity index (χ0v) is 17.7. The lowest BCUT2D eigenvalue weighted by molar-refractivity contribution is -0.160. The zero-order chi connectivity index (χ0) is 23.0. The Hall–Kier alpha value is -3.47. The van der Waals surface area contributed by atoms with Crippen molar-refractivity contribution in [2.24, 2.45) is 0 Å². The highest BCUT2D eigenvalue weighted by molar-refractivity contribution is 7.15. The van der Waals surface area contributed by atoms with Crippen LogP contribution in [0.25, 0.3) is 0 Å². The molecule has 3 heterocycles. The molecule has 2 aromatic heterocycles. The highest BCUT2D eigenvalue weighted by Gasteiger charge is 2.46. The lowest BCUT2D eigenvalue weighted by Gasteiger charge is -2.29. The number of pyridine rings is 1. The minimum absolute atomic E-state index is 0.0112. The number of nitrogens with zero attached hydrogens (tertiary/aromatic N) is 3. The number of aryl methyl sites for hydroxylation is 1. The molecule has 0 spiro atoms. The summed E-state index contributed by atoms with van der Waals surface area (Å²) in [6.45, 7) is 1.60. The normalized spacial score (nSPS) is 13.6. The van der Waals surface area contributed by atoms with Crippen LogP contribution >= 0.6 is 11.3 Å². The molecular formula is C21H18F3N5O2S. The Kier molecular flexibility index (Phi) is 5.59. The molecule has 7 nitrogen and oxygen atoms in total. The number of carbonyl (C=O) groups is 2. The van der Waals surface area contributed by atoms with Crippen molar-refractivity contribution in [1.82, 2.24) is 14.9 Å². The number of hydrogen-bond acceptors (Lipinski definition) is 6. The number of nitrogens with two attached hydrogens (primary N) is 1. The molecule has 3 aromatic rings. The van der Waals surface area contributed by atoms with Crippen LogP contribution in [0.4, 0.5) is 24.0 Å². The maximum Gasteiger partial charge on any atom is 0.366 e. The SMILES string of the molecule is Cc1cc(NC(=O)c2ccnc(C(F)(F)C(=O)N3CCc4nc(N)sc4C3)c2)ccc1F. The summed E-state index contributed by atoms with van der Waals surface area (Å²) < 4.78 is 43.4. The number of halogens is 3. The molecule has 166 valence electrons. The highest BCUT2D eigenvalue weighted by Crippen LogP contribution is 2.33. The number of anilines is 2. The van der Waals surface area contributed by atoms with Crippen molar-refractivity contribution in [2.75, 3.05) is 17.6 Å². The summed E-state index contributed by atoms with van der Waals surface area (Å²) in [4.78, 5) is 34.6. The third-order valence-corrected chi connectivity index (χ3v) is 5.97. The van der Waals surface area contributed by atoms with Crippen LogP contribution in [0.1, 0.15) is 32.2 Å². The van der Waals surface area contributed by atoms with E-state index in [1.54, 1.807) is 0 Å². The van der Waals surface area contributed by atoms with Crippen molar-refractivity contribution >= 4 is 34.0 Å². The number of aromatic nitrogens is 2. The molecular weight excluding hydrogens is 443 g/mol. The van der Waals surface area contributed by atoms with Crippen LogP contribution in [-0.2, 0) is 23.7 Å². The Balaban J connectivity index is 1.52. The third kappa shape index (κ3) is 4.15. The molecule has 1 aliphatic heterocycles. The van der Waals surface area contributed by atoms with Crippen LogP contribution in [0.15, 0.2) is 36.5 Å². The molecule has 1 aliphatic rings. The van der Waals surface area contributed by atoms with Crippen molar-refractivity contribution in [2.45, 2.75) is 25.8 Å². The quantitative estimate of drug-likeness (QED) is 0.619. The van der Waals surface area contributed by atoms with E-state index in [4.69, 9.17) is 5.73 Å². The Bertz CT molecular complexity index is 1210. The molecule has 2 amide bonds. The van der Waals surface area contributed by atoms with Crippen molar-refractivity contribution in [3.63, 3.8) is 0 Å². The number of amides is 2. The minimum Gasteiger partial charge on any atom is -0.375 e. The first-order valence-electron chi connectivity index (χ1n) is 9.60. The number of nitrogens with one attached hydrogen (secondary N) is 1. The van der Waals surface area contributed by atoms with Gasteiger partial charge in [-0.1, -0.05) is 0 Å². The number of fused-ring (bicyclic) bond motifs is 1. The third-order valence-electron chi connectivity index (χ3n) is 5.06. The second kappa shape index (κ2) is 8.23. The van der Waals surface area contributed by atoms with E-state index in [9.17, 15) is 14.0 Å². The fourth-order valence-corrected chi connectivity index (χ4v) is 4.26. The number of thiazole rings is 1. The average Bonchev–Trinajstić information content (AvgIpc) is 3.15. The van der Waals surface area contributed by atoms with E-state index in [1.807, 2.05) is 0 Å². The number of alkyl halides is 2. The lowest BCUT2D eigenvalue weighted by Crippen LogP contribution is -2.44. The number of rotatable bonds is 4. The van der Waals surface area contributed by atoms with Gasteiger partial charge in [0, 0.05) is 35.3 Å². The molecule has 32 heavy (non-hydrogen) atoms. The van der Waals surface area contributed by atoms with Gasteiger partial charge in [-0.15, -0.1) is 11.3 Å². The summed E-state index contributed by atoms with van der Waals surface area (Å²) in [5, 5.41) is 2.85. The van der Waals surface area contributed by atoms with Crippen molar-refractivity contribution < 1.29 is 22.8 Å². The smallest absolute Gasteiger partial charge is 0.366 e. The predicted octanol–water partition coefficient (Wildman–Crippen LogP) is 3.50. The molecule has 4 rings (SSSR count). The fourth-order valence-electron chi connectivity index (χ4n) is 3.37. The zero-order valence-electron chi connectivity index (χ0n) is 16.9. The molecule has 0 atom stereocenters. The van der Waals surface area contributed by atoms with Gasteiger partial charge in [0.05, 0.1) is 12.2 Å². The second-order valence-corrected chi connectivity index (χ2v) is 8.44. The molecule has 0 saturated heterocycles. The van der Waals surface area contributed by atoms with Crippen LogP contribution in [0.5, 0.6) is 0 Å². The standard InChI is InChI=1S/C21H18F3N5O2S/c1-11-8-13(2-3-14(11)22)27-18(30)12-4-6-26-17(9-12)21(23,24)19(31)29-7-5-15-16(10-29)32-20(25)28-15/h2-4,6,8-9H,5,7,10H2,1H3,(H2,25,28)(H,27,30). The van der Waals surface area contributed by atoms with Crippen LogP contribution in [0, 0.1) is 12.7 Å². The van der Waals surface area contributed by atoms with Crippen molar-refractivity contribution in [1.29, 1.82) is 0 Å². The van der Waals surface area contributed by atoms with E-state index in [1.165, 1.54) is 31.2 Å². The minimum atomic E-state index is -3.93. The molecule has 0 fully saturated rings. The first kappa shape index (κ1) is 21.8. The van der Waals surface area contributed by atoms with Gasteiger partial charge in [0.2, 0.25) is 0 Å². The molecule has 1 aromatic carbocycles. The Morgan fingerprint density at radius 3 is 2.78 bits per heavy atom. The van der Waals surface area contributed by atoms with Crippen LogP contribution < -0.4 is 11.1 Å². The van der Waals surface area contributed by atoms with Gasteiger partial charge in [-0.05, 0) is 42.8 Å². The first-order valence-corrected chi connectivity index (χ1v) is 10.4. The van der Waals surface area contributed by atoms with E-state index in [-0.39, 0.29) is 18.7 Å². The molecule has 11 heteroatoms. The molecule has 3 N–H and O–H groups in total. The Morgan fingerprint density at radius 1 is 1.25 bits per heavy atom. The first-order chi connectivity index (χ1) is 15.1. The van der Waals surface area contributed by atoms with Crippen LogP contribution in [0.2, 0.25) is 0 Å². The maximum absolute atomic E-state index is 15.0. The van der Waals surface area contributed by atoms with Crippen LogP contribution in [-0.4, -0.2) is 33.2 Å². The Morgan fingerprint density at radius 2 is 2.03 bits per heavy atom. The van der Waals surface area contributed by atoms with Gasteiger partial charge in [0.15, 0.2) is 5.13 Å². The summed E-state index contributed by atoms with van der Waals surface area (Å²) in [5.41, 5.74) is 6.06.